The molecule has 0 bridgehead atoms. The average Bonchev–Trinajstić information content (AvgIpc) is 3.25. The van der Waals surface area contributed by atoms with E-state index in [9.17, 15) is 14.4 Å². The fourth-order valence-corrected chi connectivity index (χ4v) is 2.71. The lowest BCUT2D eigenvalue weighted by Crippen LogP contribution is -2.37. The van der Waals surface area contributed by atoms with Crippen molar-refractivity contribution in [1.29, 1.82) is 0 Å². The van der Waals surface area contributed by atoms with Gasteiger partial charge < -0.3 is 14.3 Å². The molecule has 0 aliphatic rings. The second kappa shape index (κ2) is 6.42. The highest BCUT2D eigenvalue weighted by Gasteiger charge is 2.16. The lowest BCUT2D eigenvalue weighted by molar-refractivity contribution is -0.122. The molecular formula is C16H19N5O4. The van der Waals surface area contributed by atoms with Gasteiger partial charge >= 0.3 is 5.69 Å². The van der Waals surface area contributed by atoms with Gasteiger partial charge in [0.25, 0.3) is 5.56 Å². The van der Waals surface area contributed by atoms with E-state index in [4.69, 9.17) is 4.42 Å². The zero-order valence-electron chi connectivity index (χ0n) is 14.2. The molecule has 0 saturated heterocycles. The Hall–Kier alpha value is -3.10. The molecule has 0 aromatic carbocycles. The van der Waals surface area contributed by atoms with Crippen LogP contribution in [0.4, 0.5) is 0 Å². The Morgan fingerprint density at radius 1 is 1.32 bits per heavy atom. The zero-order valence-corrected chi connectivity index (χ0v) is 14.2. The molecule has 132 valence electrons. The molecule has 0 aliphatic heterocycles. The van der Waals surface area contributed by atoms with Crippen LogP contribution in [-0.4, -0.2) is 24.6 Å². The standard InChI is InChI=1S/C16H19N5O4/c1-10(11-5-4-8-25-11)18-12(22)6-7-21-9-17-14-13(21)15(23)20(3)16(24)19(14)2/h4-5,8-10H,6-7H2,1-3H3,(H,18,22). The minimum atomic E-state index is -0.437. The minimum Gasteiger partial charge on any atom is -0.467 e. The van der Waals surface area contributed by atoms with E-state index in [1.54, 1.807) is 30.0 Å². The Balaban J connectivity index is 1.77. The van der Waals surface area contributed by atoms with E-state index in [0.717, 1.165) is 4.57 Å². The summed E-state index contributed by atoms with van der Waals surface area (Å²) in [6.07, 6.45) is 3.19. The van der Waals surface area contributed by atoms with E-state index in [1.165, 1.54) is 17.9 Å². The van der Waals surface area contributed by atoms with Crippen LogP contribution in [-0.2, 0) is 25.4 Å². The van der Waals surface area contributed by atoms with Gasteiger partial charge in [0.2, 0.25) is 5.91 Å². The second-order valence-electron chi connectivity index (χ2n) is 5.87. The minimum absolute atomic E-state index is 0.169. The highest BCUT2D eigenvalue weighted by molar-refractivity contribution is 5.76. The Morgan fingerprint density at radius 3 is 2.76 bits per heavy atom. The number of amides is 1. The second-order valence-corrected chi connectivity index (χ2v) is 5.87. The average molecular weight is 345 g/mol. The van der Waals surface area contributed by atoms with E-state index in [1.807, 2.05) is 6.92 Å². The van der Waals surface area contributed by atoms with Crippen molar-refractivity contribution >= 4 is 17.1 Å². The van der Waals surface area contributed by atoms with Crippen LogP contribution in [0.1, 0.15) is 25.1 Å². The summed E-state index contributed by atoms with van der Waals surface area (Å²) in [6, 6.07) is 3.31. The molecule has 1 atom stereocenters. The molecular weight excluding hydrogens is 326 g/mol. The van der Waals surface area contributed by atoms with E-state index < -0.39 is 11.2 Å². The molecule has 1 amide bonds. The molecule has 3 aromatic rings. The predicted octanol–water partition coefficient (Wildman–Crippen LogP) is 0.294. The Bertz CT molecular complexity index is 1030. The molecule has 25 heavy (non-hydrogen) atoms. The van der Waals surface area contributed by atoms with Crippen LogP contribution in [0.3, 0.4) is 0 Å². The van der Waals surface area contributed by atoms with Crippen molar-refractivity contribution in [3.8, 4) is 0 Å². The third-order valence-corrected chi connectivity index (χ3v) is 4.14. The van der Waals surface area contributed by atoms with Crippen LogP contribution < -0.4 is 16.6 Å². The number of nitrogens with one attached hydrogen (secondary N) is 1. The summed E-state index contributed by atoms with van der Waals surface area (Å²) < 4.78 is 9.18. The number of aromatic nitrogens is 4. The summed E-state index contributed by atoms with van der Waals surface area (Å²) in [6.45, 7) is 2.11. The molecule has 1 unspecified atom stereocenters. The van der Waals surface area contributed by atoms with Gasteiger partial charge in [-0.2, -0.15) is 0 Å². The maximum atomic E-state index is 12.3. The highest BCUT2D eigenvalue weighted by atomic mass is 16.3. The van der Waals surface area contributed by atoms with Crippen molar-refractivity contribution in [3.63, 3.8) is 0 Å². The number of hydrogen-bond acceptors (Lipinski definition) is 5. The van der Waals surface area contributed by atoms with E-state index >= 15 is 0 Å². The van der Waals surface area contributed by atoms with Gasteiger partial charge in [0.1, 0.15) is 5.76 Å². The van der Waals surface area contributed by atoms with Crippen LogP contribution >= 0.6 is 0 Å². The highest BCUT2D eigenvalue weighted by Crippen LogP contribution is 2.12. The molecule has 9 heteroatoms. The number of fused-ring (bicyclic) bond motifs is 1. The molecule has 0 spiro atoms. The third kappa shape index (κ3) is 3.00. The van der Waals surface area contributed by atoms with Gasteiger partial charge in [-0.1, -0.05) is 0 Å². The summed E-state index contributed by atoms with van der Waals surface area (Å²) in [7, 11) is 2.97. The first-order valence-corrected chi connectivity index (χ1v) is 7.83. The van der Waals surface area contributed by atoms with E-state index in [2.05, 4.69) is 10.3 Å². The monoisotopic (exact) mass is 345 g/mol. The maximum Gasteiger partial charge on any atom is 0.332 e. The van der Waals surface area contributed by atoms with Gasteiger partial charge in [-0.05, 0) is 19.1 Å². The molecule has 3 rings (SSSR count). The Morgan fingerprint density at radius 2 is 2.08 bits per heavy atom. The quantitative estimate of drug-likeness (QED) is 0.716. The van der Waals surface area contributed by atoms with Crippen molar-refractivity contribution in [2.45, 2.75) is 25.9 Å². The number of aryl methyl sites for hydroxylation is 2. The lowest BCUT2D eigenvalue weighted by Gasteiger charge is -2.12. The van der Waals surface area contributed by atoms with E-state index in [-0.39, 0.29) is 24.9 Å². The topological polar surface area (TPSA) is 104 Å². The SMILES string of the molecule is CC(NC(=O)CCn1cnc2c1c(=O)n(C)c(=O)n2C)c1ccco1. The van der Waals surface area contributed by atoms with Crippen LogP contribution in [0.25, 0.3) is 11.2 Å². The molecule has 0 saturated carbocycles. The number of carbonyl (C=O) groups excluding carboxylic acids is 1. The van der Waals surface area contributed by atoms with Crippen molar-refractivity contribution in [2.24, 2.45) is 14.1 Å². The Kier molecular flexibility index (Phi) is 4.30. The van der Waals surface area contributed by atoms with Gasteiger partial charge in [-0.3, -0.25) is 18.7 Å². The summed E-state index contributed by atoms with van der Waals surface area (Å²) in [5, 5.41) is 2.83. The van der Waals surface area contributed by atoms with Gasteiger partial charge in [0.05, 0.1) is 18.6 Å². The normalized spacial score (nSPS) is 12.4. The number of imidazole rings is 1. The molecule has 0 fully saturated rings. The molecule has 9 nitrogen and oxygen atoms in total. The fourth-order valence-electron chi connectivity index (χ4n) is 2.71. The van der Waals surface area contributed by atoms with Gasteiger partial charge in [-0.15, -0.1) is 0 Å². The zero-order chi connectivity index (χ0) is 18.1. The van der Waals surface area contributed by atoms with Crippen LogP contribution in [0, 0.1) is 0 Å². The first-order valence-electron chi connectivity index (χ1n) is 7.83. The molecule has 3 aromatic heterocycles. The largest absolute Gasteiger partial charge is 0.467 e. The van der Waals surface area contributed by atoms with Gasteiger partial charge in [-0.25, -0.2) is 9.78 Å². The smallest absolute Gasteiger partial charge is 0.332 e. The molecule has 0 radical (unpaired) electrons. The first-order chi connectivity index (χ1) is 11.9. The first kappa shape index (κ1) is 16.7. The van der Waals surface area contributed by atoms with Crippen LogP contribution in [0.15, 0.2) is 38.7 Å². The van der Waals surface area contributed by atoms with Gasteiger partial charge in [0, 0.05) is 27.1 Å². The van der Waals surface area contributed by atoms with Crippen LogP contribution in [0.2, 0.25) is 0 Å². The maximum absolute atomic E-state index is 12.3. The lowest BCUT2D eigenvalue weighted by atomic mass is 10.2. The van der Waals surface area contributed by atoms with Crippen LogP contribution in [0.5, 0.6) is 0 Å². The number of hydrogen-bond donors (Lipinski definition) is 1. The van der Waals surface area contributed by atoms with E-state index in [0.29, 0.717) is 16.9 Å². The molecule has 0 aliphatic carbocycles. The van der Waals surface area contributed by atoms with Crippen molar-refractivity contribution in [1.82, 2.24) is 24.0 Å². The predicted molar refractivity (Wildman–Crippen MR) is 90.1 cm³/mol. The van der Waals surface area contributed by atoms with Crippen molar-refractivity contribution < 1.29 is 9.21 Å². The van der Waals surface area contributed by atoms with Gasteiger partial charge in [0.15, 0.2) is 11.2 Å². The summed E-state index contributed by atoms with van der Waals surface area (Å²) in [4.78, 5) is 40.5. The number of nitrogens with zero attached hydrogens (tertiary/aromatic N) is 4. The molecule has 1 N–H and O–H groups in total. The fraction of sp³-hybridized carbons (Fsp3) is 0.375. The summed E-state index contributed by atoms with van der Waals surface area (Å²) in [5.74, 6) is 0.498. The summed E-state index contributed by atoms with van der Waals surface area (Å²) in [5.41, 5.74) is -0.262. The van der Waals surface area contributed by atoms with Crippen molar-refractivity contribution in [3.05, 3.63) is 51.3 Å². The number of rotatable bonds is 5. The number of carbonyl (C=O) groups is 1. The van der Waals surface area contributed by atoms with Crippen molar-refractivity contribution in [2.75, 3.05) is 0 Å². The Labute approximate surface area is 142 Å². The summed E-state index contributed by atoms with van der Waals surface area (Å²) >= 11 is 0. The number of furan rings is 1. The third-order valence-electron chi connectivity index (χ3n) is 4.14. The molecule has 3 heterocycles.